The molecular formula is C15H25N3O2. The number of furan rings is 1. The Morgan fingerprint density at radius 3 is 2.70 bits per heavy atom. The smallest absolute Gasteiger partial charge is 0.301 e. The van der Waals surface area contributed by atoms with Crippen LogP contribution in [0.1, 0.15) is 54.5 Å². The SMILES string of the molecule is Cc1cc(CN(C)C2CCC(C)CC2)oc1C(=O)NN. The first-order valence-electron chi connectivity index (χ1n) is 7.31. The van der Waals surface area contributed by atoms with Crippen LogP contribution in [0.3, 0.4) is 0 Å². The van der Waals surface area contributed by atoms with E-state index in [1.807, 2.05) is 13.0 Å². The molecule has 5 heteroatoms. The summed E-state index contributed by atoms with van der Waals surface area (Å²) in [5.74, 6) is 6.76. The maximum absolute atomic E-state index is 11.5. The summed E-state index contributed by atoms with van der Waals surface area (Å²) < 4.78 is 5.62. The molecular weight excluding hydrogens is 254 g/mol. The van der Waals surface area contributed by atoms with Crippen LogP contribution in [0.15, 0.2) is 10.5 Å². The van der Waals surface area contributed by atoms with Crippen LogP contribution in [0.5, 0.6) is 0 Å². The molecule has 20 heavy (non-hydrogen) atoms. The van der Waals surface area contributed by atoms with Gasteiger partial charge in [0.25, 0.3) is 0 Å². The molecule has 0 atom stereocenters. The third-order valence-corrected chi connectivity index (χ3v) is 4.32. The molecule has 1 aromatic rings. The third kappa shape index (κ3) is 3.41. The number of carbonyl (C=O) groups is 1. The molecule has 5 nitrogen and oxygen atoms in total. The Bertz CT molecular complexity index is 462. The minimum Gasteiger partial charge on any atom is -0.454 e. The summed E-state index contributed by atoms with van der Waals surface area (Å²) in [6.07, 6.45) is 5.08. The molecule has 0 bridgehead atoms. The van der Waals surface area contributed by atoms with E-state index in [1.54, 1.807) is 0 Å². The summed E-state index contributed by atoms with van der Waals surface area (Å²) in [7, 11) is 2.13. The second-order valence-electron chi connectivity index (χ2n) is 6.03. The first kappa shape index (κ1) is 15.1. The van der Waals surface area contributed by atoms with Gasteiger partial charge in [0.2, 0.25) is 0 Å². The molecule has 2 rings (SSSR count). The number of nitrogens with two attached hydrogens (primary N) is 1. The molecule has 1 saturated carbocycles. The predicted molar refractivity (Wildman–Crippen MR) is 78.0 cm³/mol. The van der Waals surface area contributed by atoms with Crippen LogP contribution in [0.25, 0.3) is 0 Å². The van der Waals surface area contributed by atoms with Gasteiger partial charge in [-0.1, -0.05) is 6.92 Å². The van der Waals surface area contributed by atoms with Gasteiger partial charge < -0.3 is 4.42 Å². The average molecular weight is 279 g/mol. The molecule has 0 aromatic carbocycles. The lowest BCUT2D eigenvalue weighted by atomic mass is 9.87. The summed E-state index contributed by atoms with van der Waals surface area (Å²) >= 11 is 0. The molecule has 0 saturated heterocycles. The van der Waals surface area contributed by atoms with Crippen molar-refractivity contribution in [2.24, 2.45) is 11.8 Å². The molecule has 112 valence electrons. The van der Waals surface area contributed by atoms with Gasteiger partial charge in [0.05, 0.1) is 6.54 Å². The van der Waals surface area contributed by atoms with Crippen LogP contribution in [0.4, 0.5) is 0 Å². The average Bonchev–Trinajstić information content (AvgIpc) is 2.79. The van der Waals surface area contributed by atoms with Gasteiger partial charge in [0.15, 0.2) is 5.76 Å². The number of rotatable bonds is 4. The Hall–Kier alpha value is -1.33. The number of aryl methyl sites for hydroxylation is 1. The van der Waals surface area contributed by atoms with Gasteiger partial charge in [-0.25, -0.2) is 5.84 Å². The molecule has 3 N–H and O–H groups in total. The lowest BCUT2D eigenvalue weighted by molar-refractivity contribution is 0.0919. The molecule has 1 aromatic heterocycles. The van der Waals surface area contributed by atoms with E-state index < -0.39 is 0 Å². The van der Waals surface area contributed by atoms with Gasteiger partial charge in [-0.3, -0.25) is 15.1 Å². The number of nitrogen functional groups attached to an aromatic ring is 1. The van der Waals surface area contributed by atoms with E-state index in [-0.39, 0.29) is 5.91 Å². The zero-order chi connectivity index (χ0) is 14.7. The Morgan fingerprint density at radius 1 is 1.45 bits per heavy atom. The Morgan fingerprint density at radius 2 is 2.10 bits per heavy atom. The van der Waals surface area contributed by atoms with Crippen molar-refractivity contribution in [2.75, 3.05) is 7.05 Å². The second kappa shape index (κ2) is 6.41. The third-order valence-electron chi connectivity index (χ3n) is 4.32. The van der Waals surface area contributed by atoms with Gasteiger partial charge in [-0.2, -0.15) is 0 Å². The van der Waals surface area contributed by atoms with E-state index in [1.165, 1.54) is 25.7 Å². The van der Waals surface area contributed by atoms with Crippen LogP contribution in [-0.2, 0) is 6.54 Å². The van der Waals surface area contributed by atoms with Gasteiger partial charge >= 0.3 is 5.91 Å². The van der Waals surface area contributed by atoms with Crippen molar-refractivity contribution in [3.05, 3.63) is 23.2 Å². The van der Waals surface area contributed by atoms with Crippen LogP contribution in [0.2, 0.25) is 0 Å². The van der Waals surface area contributed by atoms with Crippen molar-refractivity contribution >= 4 is 5.91 Å². The molecule has 0 spiro atoms. The highest BCUT2D eigenvalue weighted by atomic mass is 16.4. The van der Waals surface area contributed by atoms with Crippen molar-refractivity contribution in [3.63, 3.8) is 0 Å². The normalized spacial score (nSPS) is 23.1. The molecule has 1 fully saturated rings. The zero-order valence-corrected chi connectivity index (χ0v) is 12.6. The standard InChI is InChI=1S/C15H25N3O2/c1-10-4-6-12(7-5-10)18(3)9-13-8-11(2)14(20-13)15(19)17-16/h8,10,12H,4-7,9,16H2,1-3H3,(H,17,19). The van der Waals surface area contributed by atoms with E-state index in [0.29, 0.717) is 11.8 Å². The van der Waals surface area contributed by atoms with Crippen molar-refractivity contribution < 1.29 is 9.21 Å². The van der Waals surface area contributed by atoms with Gasteiger partial charge in [0.1, 0.15) is 5.76 Å². The van der Waals surface area contributed by atoms with Crippen molar-refractivity contribution in [1.29, 1.82) is 0 Å². The number of hydrogen-bond donors (Lipinski definition) is 2. The first-order valence-corrected chi connectivity index (χ1v) is 7.31. The largest absolute Gasteiger partial charge is 0.454 e. The number of nitrogens with zero attached hydrogens (tertiary/aromatic N) is 1. The molecule has 0 unspecified atom stereocenters. The summed E-state index contributed by atoms with van der Waals surface area (Å²) in [4.78, 5) is 13.9. The number of amides is 1. The lowest BCUT2D eigenvalue weighted by Crippen LogP contribution is -2.34. The Labute approximate surface area is 120 Å². The van der Waals surface area contributed by atoms with Gasteiger partial charge in [0, 0.05) is 11.6 Å². The summed E-state index contributed by atoms with van der Waals surface area (Å²) in [6, 6.07) is 2.54. The fourth-order valence-corrected chi connectivity index (χ4v) is 2.98. The zero-order valence-electron chi connectivity index (χ0n) is 12.6. The molecule has 1 aliphatic carbocycles. The molecule has 1 heterocycles. The fraction of sp³-hybridized carbons (Fsp3) is 0.667. The van der Waals surface area contributed by atoms with Crippen LogP contribution < -0.4 is 11.3 Å². The van der Waals surface area contributed by atoms with E-state index in [0.717, 1.165) is 23.8 Å². The highest BCUT2D eigenvalue weighted by Gasteiger charge is 2.23. The topological polar surface area (TPSA) is 71.5 Å². The first-order chi connectivity index (χ1) is 9.51. The lowest BCUT2D eigenvalue weighted by Gasteiger charge is -2.33. The Kier molecular flexibility index (Phi) is 4.83. The van der Waals surface area contributed by atoms with Crippen molar-refractivity contribution in [2.45, 2.75) is 52.1 Å². The highest BCUT2D eigenvalue weighted by Crippen LogP contribution is 2.27. The molecule has 1 aliphatic rings. The summed E-state index contributed by atoms with van der Waals surface area (Å²) in [5.41, 5.74) is 2.94. The van der Waals surface area contributed by atoms with E-state index in [2.05, 4.69) is 24.3 Å². The maximum atomic E-state index is 11.5. The maximum Gasteiger partial charge on any atom is 0.301 e. The van der Waals surface area contributed by atoms with Crippen molar-refractivity contribution in [1.82, 2.24) is 10.3 Å². The van der Waals surface area contributed by atoms with E-state index >= 15 is 0 Å². The van der Waals surface area contributed by atoms with Crippen LogP contribution in [-0.4, -0.2) is 23.9 Å². The van der Waals surface area contributed by atoms with Crippen LogP contribution in [0, 0.1) is 12.8 Å². The fourth-order valence-electron chi connectivity index (χ4n) is 2.98. The molecule has 1 amide bonds. The number of carbonyl (C=O) groups excluding carboxylic acids is 1. The highest BCUT2D eigenvalue weighted by molar-refractivity contribution is 5.92. The van der Waals surface area contributed by atoms with Gasteiger partial charge in [-0.05, 0) is 51.6 Å². The number of hydrogen-bond acceptors (Lipinski definition) is 4. The predicted octanol–water partition coefficient (Wildman–Crippen LogP) is 2.20. The molecule has 0 aliphatic heterocycles. The number of hydrazine groups is 1. The Balaban J connectivity index is 1.97. The van der Waals surface area contributed by atoms with E-state index in [4.69, 9.17) is 10.3 Å². The molecule has 0 radical (unpaired) electrons. The van der Waals surface area contributed by atoms with E-state index in [9.17, 15) is 4.79 Å². The number of nitrogens with one attached hydrogen (secondary N) is 1. The minimum absolute atomic E-state index is 0.313. The van der Waals surface area contributed by atoms with Crippen LogP contribution >= 0.6 is 0 Å². The van der Waals surface area contributed by atoms with Crippen molar-refractivity contribution in [3.8, 4) is 0 Å². The summed E-state index contributed by atoms with van der Waals surface area (Å²) in [6.45, 7) is 4.92. The summed E-state index contributed by atoms with van der Waals surface area (Å²) in [5, 5.41) is 0. The van der Waals surface area contributed by atoms with Gasteiger partial charge in [-0.15, -0.1) is 0 Å². The second-order valence-corrected chi connectivity index (χ2v) is 6.03. The quantitative estimate of drug-likeness (QED) is 0.503. The minimum atomic E-state index is -0.372. The monoisotopic (exact) mass is 279 g/mol.